The minimum atomic E-state index is 0. The van der Waals surface area contributed by atoms with E-state index in [0.717, 1.165) is 67.4 Å². The predicted octanol–water partition coefficient (Wildman–Crippen LogP) is 2.99. The molecule has 30 heavy (non-hydrogen) atoms. The molecule has 1 aromatic heterocycles. The molecule has 9 heteroatoms. The normalized spacial score (nSPS) is 14.8. The Morgan fingerprint density at radius 3 is 2.87 bits per heavy atom. The van der Waals surface area contributed by atoms with Gasteiger partial charge in [0.25, 0.3) is 0 Å². The van der Waals surface area contributed by atoms with Crippen LogP contribution < -0.4 is 10.1 Å². The molecule has 1 aromatic carbocycles. The number of hydrogen-bond acceptors (Lipinski definition) is 6. The van der Waals surface area contributed by atoms with Crippen LogP contribution in [0.15, 0.2) is 34.6 Å². The van der Waals surface area contributed by atoms with E-state index in [-0.39, 0.29) is 24.0 Å². The van der Waals surface area contributed by atoms with E-state index in [4.69, 9.17) is 9.47 Å². The molecule has 1 N–H and O–H groups in total. The second kappa shape index (κ2) is 13.1. The molecule has 0 atom stereocenters. The summed E-state index contributed by atoms with van der Waals surface area (Å²) in [6.07, 6.45) is 0. The second-order valence-electron chi connectivity index (χ2n) is 7.06. The van der Waals surface area contributed by atoms with E-state index >= 15 is 0 Å². The fraction of sp³-hybridized carbons (Fsp3) is 0.524. The average molecular weight is 545 g/mol. The summed E-state index contributed by atoms with van der Waals surface area (Å²) in [5.41, 5.74) is 2.22. The Morgan fingerprint density at radius 2 is 2.17 bits per heavy atom. The van der Waals surface area contributed by atoms with Gasteiger partial charge < -0.3 is 19.7 Å². The lowest BCUT2D eigenvalue weighted by atomic mass is 10.2. The van der Waals surface area contributed by atoms with Crippen LogP contribution in [-0.4, -0.2) is 74.3 Å². The first-order valence-electron chi connectivity index (χ1n) is 9.98. The van der Waals surface area contributed by atoms with Crippen molar-refractivity contribution in [3.8, 4) is 5.75 Å². The summed E-state index contributed by atoms with van der Waals surface area (Å²) >= 11 is 1.67. The van der Waals surface area contributed by atoms with Gasteiger partial charge >= 0.3 is 0 Å². The number of thiazole rings is 1. The molecule has 166 valence electrons. The highest BCUT2D eigenvalue weighted by Crippen LogP contribution is 2.14. The molecule has 0 amide bonds. The molecule has 1 aliphatic heterocycles. The first-order chi connectivity index (χ1) is 14.1. The molecule has 0 bridgehead atoms. The fourth-order valence-corrected chi connectivity index (χ4v) is 3.83. The summed E-state index contributed by atoms with van der Waals surface area (Å²) in [6, 6.07) is 8.22. The highest BCUT2D eigenvalue weighted by atomic mass is 127. The van der Waals surface area contributed by atoms with Crippen LogP contribution in [0.5, 0.6) is 5.75 Å². The van der Waals surface area contributed by atoms with Gasteiger partial charge in [-0.05, 0) is 24.6 Å². The van der Waals surface area contributed by atoms with Crippen LogP contribution in [0.4, 0.5) is 0 Å². The van der Waals surface area contributed by atoms with Crippen molar-refractivity contribution in [3.05, 3.63) is 45.9 Å². The van der Waals surface area contributed by atoms with Crippen LogP contribution in [0.2, 0.25) is 0 Å². The number of aromatic nitrogens is 1. The van der Waals surface area contributed by atoms with Gasteiger partial charge in [0.15, 0.2) is 5.96 Å². The lowest BCUT2D eigenvalue weighted by Gasteiger charge is -2.26. The maximum Gasteiger partial charge on any atom is 0.194 e. The summed E-state index contributed by atoms with van der Waals surface area (Å²) in [4.78, 5) is 13.4. The van der Waals surface area contributed by atoms with Gasteiger partial charge in [-0.25, -0.2) is 4.98 Å². The third kappa shape index (κ3) is 8.01. The van der Waals surface area contributed by atoms with E-state index in [9.17, 15) is 0 Å². The van der Waals surface area contributed by atoms with Crippen LogP contribution in [0, 0.1) is 6.92 Å². The van der Waals surface area contributed by atoms with E-state index < -0.39 is 0 Å². The SMILES string of the molecule is CN=C(NCc1cccc(OCCN2CCOCC2)c1)N(C)Cc1csc(C)n1.I. The molecular weight excluding hydrogens is 513 g/mol. The van der Waals surface area contributed by atoms with Crippen LogP contribution in [-0.2, 0) is 17.8 Å². The molecule has 2 aromatic rings. The average Bonchev–Trinajstić information content (AvgIpc) is 3.14. The van der Waals surface area contributed by atoms with E-state index in [1.54, 1.807) is 18.4 Å². The van der Waals surface area contributed by atoms with Gasteiger partial charge in [0.1, 0.15) is 12.4 Å². The predicted molar refractivity (Wildman–Crippen MR) is 133 cm³/mol. The van der Waals surface area contributed by atoms with Crippen molar-refractivity contribution in [3.63, 3.8) is 0 Å². The van der Waals surface area contributed by atoms with E-state index in [2.05, 4.69) is 42.6 Å². The molecule has 3 rings (SSSR count). The van der Waals surface area contributed by atoms with Gasteiger partial charge in [0.05, 0.1) is 30.5 Å². The van der Waals surface area contributed by atoms with Crippen molar-refractivity contribution < 1.29 is 9.47 Å². The molecule has 0 radical (unpaired) electrons. The quantitative estimate of drug-likeness (QED) is 0.313. The number of ether oxygens (including phenoxy) is 2. The highest BCUT2D eigenvalue weighted by molar-refractivity contribution is 14.0. The summed E-state index contributed by atoms with van der Waals surface area (Å²) in [6.45, 7) is 8.67. The van der Waals surface area contributed by atoms with Gasteiger partial charge in [0, 0.05) is 45.7 Å². The Bertz CT molecular complexity index is 795. The van der Waals surface area contributed by atoms with Gasteiger partial charge in [-0.3, -0.25) is 9.89 Å². The highest BCUT2D eigenvalue weighted by Gasteiger charge is 2.11. The van der Waals surface area contributed by atoms with Gasteiger partial charge in [-0.1, -0.05) is 12.1 Å². The molecule has 1 fully saturated rings. The number of benzene rings is 1. The lowest BCUT2D eigenvalue weighted by molar-refractivity contribution is 0.0322. The molecule has 2 heterocycles. The number of aliphatic imine (C=N–C) groups is 1. The van der Waals surface area contributed by atoms with E-state index in [1.165, 1.54) is 0 Å². The van der Waals surface area contributed by atoms with Crippen molar-refractivity contribution in [2.24, 2.45) is 4.99 Å². The number of hydrogen-bond donors (Lipinski definition) is 1. The topological polar surface area (TPSA) is 62.2 Å². The van der Waals surface area contributed by atoms with Gasteiger partial charge in [-0.15, -0.1) is 35.3 Å². The summed E-state index contributed by atoms with van der Waals surface area (Å²) in [7, 11) is 3.82. The maximum absolute atomic E-state index is 5.95. The molecule has 1 aliphatic rings. The number of halogens is 1. The first kappa shape index (κ1) is 24.8. The number of rotatable bonds is 8. The molecule has 0 aliphatic carbocycles. The molecule has 0 spiro atoms. The Balaban J connectivity index is 0.00000320. The number of nitrogens with zero attached hydrogens (tertiary/aromatic N) is 4. The third-order valence-electron chi connectivity index (χ3n) is 4.77. The van der Waals surface area contributed by atoms with Gasteiger partial charge in [-0.2, -0.15) is 0 Å². The van der Waals surface area contributed by atoms with E-state index in [1.807, 2.05) is 26.1 Å². The zero-order valence-corrected chi connectivity index (χ0v) is 21.1. The number of nitrogens with one attached hydrogen (secondary N) is 1. The maximum atomic E-state index is 5.95. The van der Waals surface area contributed by atoms with Crippen molar-refractivity contribution in [1.29, 1.82) is 0 Å². The zero-order valence-electron chi connectivity index (χ0n) is 18.0. The first-order valence-corrected chi connectivity index (χ1v) is 10.9. The summed E-state index contributed by atoms with van der Waals surface area (Å²) in [5, 5.41) is 6.60. The Morgan fingerprint density at radius 1 is 1.37 bits per heavy atom. The minimum Gasteiger partial charge on any atom is -0.492 e. The molecule has 7 nitrogen and oxygen atoms in total. The largest absolute Gasteiger partial charge is 0.492 e. The molecule has 1 saturated heterocycles. The van der Waals surface area contributed by atoms with Crippen LogP contribution in [0.3, 0.4) is 0 Å². The Labute approximate surface area is 200 Å². The minimum absolute atomic E-state index is 0. The second-order valence-corrected chi connectivity index (χ2v) is 8.13. The number of aryl methyl sites for hydroxylation is 1. The number of morpholine rings is 1. The van der Waals surface area contributed by atoms with Crippen molar-refractivity contribution in [2.75, 3.05) is 53.6 Å². The third-order valence-corrected chi connectivity index (χ3v) is 5.59. The van der Waals surface area contributed by atoms with Gasteiger partial charge in [0.2, 0.25) is 0 Å². The molecule has 0 unspecified atom stereocenters. The van der Waals surface area contributed by atoms with Crippen molar-refractivity contribution >= 4 is 41.3 Å². The van der Waals surface area contributed by atoms with Crippen LogP contribution in [0.1, 0.15) is 16.3 Å². The standard InChI is InChI=1S/C21H31N5O2S.HI/c1-17-24-19(16-29-17)15-25(3)21(22-2)23-14-18-5-4-6-20(13-18)28-12-9-26-7-10-27-11-8-26;/h4-6,13,16H,7-12,14-15H2,1-3H3,(H,22,23);1H. The number of guanidine groups is 1. The van der Waals surface area contributed by atoms with Crippen LogP contribution >= 0.6 is 35.3 Å². The lowest BCUT2D eigenvalue weighted by Crippen LogP contribution is -2.38. The van der Waals surface area contributed by atoms with E-state index in [0.29, 0.717) is 13.2 Å². The fourth-order valence-electron chi connectivity index (χ4n) is 3.23. The molecular formula is C21H32IN5O2S. The monoisotopic (exact) mass is 545 g/mol. The Kier molecular flexibility index (Phi) is 10.8. The molecule has 0 saturated carbocycles. The van der Waals surface area contributed by atoms with Crippen molar-refractivity contribution in [2.45, 2.75) is 20.0 Å². The summed E-state index contributed by atoms with van der Waals surface area (Å²) < 4.78 is 11.3. The zero-order chi connectivity index (χ0) is 20.5. The Hall–Kier alpha value is -1.43. The smallest absolute Gasteiger partial charge is 0.194 e. The summed E-state index contributed by atoms with van der Waals surface area (Å²) in [5.74, 6) is 1.74. The van der Waals surface area contributed by atoms with Crippen molar-refractivity contribution in [1.82, 2.24) is 20.1 Å². The van der Waals surface area contributed by atoms with Crippen LogP contribution in [0.25, 0.3) is 0 Å².